The van der Waals surface area contributed by atoms with Crippen LogP contribution >= 0.6 is 12.4 Å². The van der Waals surface area contributed by atoms with Gasteiger partial charge in [0.2, 0.25) is 0 Å². The topological polar surface area (TPSA) is 59.5 Å². The van der Waals surface area contributed by atoms with Gasteiger partial charge >= 0.3 is 6.01 Å². The van der Waals surface area contributed by atoms with Crippen LogP contribution in [0.15, 0.2) is 42.7 Å². The molecule has 0 bridgehead atoms. The van der Waals surface area contributed by atoms with Crippen molar-refractivity contribution in [2.45, 2.75) is 6.54 Å². The molecule has 6 nitrogen and oxygen atoms in total. The van der Waals surface area contributed by atoms with E-state index in [0.29, 0.717) is 6.01 Å². The second-order valence-corrected chi connectivity index (χ2v) is 5.41. The standard InChI is InChI=1S/C17H22N4O2.ClH/c1-3-15(14-18-7-8-21-9-11-22-12-10-21)13-16(4-1)23-17-19-5-2-6-20-17;/h1-6,13,18H,7-12,14H2;1H. The van der Waals surface area contributed by atoms with Crippen molar-refractivity contribution in [3.8, 4) is 11.8 Å². The number of aromatic nitrogens is 2. The quantitative estimate of drug-likeness (QED) is 0.772. The van der Waals surface area contributed by atoms with Gasteiger partial charge < -0.3 is 14.8 Å². The first-order valence-electron chi connectivity index (χ1n) is 7.95. The van der Waals surface area contributed by atoms with E-state index < -0.39 is 0 Å². The van der Waals surface area contributed by atoms with Gasteiger partial charge in [0.1, 0.15) is 5.75 Å². The highest BCUT2D eigenvalue weighted by Crippen LogP contribution is 2.18. The number of hydrogen-bond donors (Lipinski definition) is 1. The summed E-state index contributed by atoms with van der Waals surface area (Å²) in [5, 5.41) is 3.47. The molecule has 2 heterocycles. The Labute approximate surface area is 148 Å². The number of nitrogens with zero attached hydrogens (tertiary/aromatic N) is 3. The minimum Gasteiger partial charge on any atom is -0.424 e. The van der Waals surface area contributed by atoms with Crippen molar-refractivity contribution in [2.75, 3.05) is 39.4 Å². The van der Waals surface area contributed by atoms with Crippen molar-refractivity contribution in [2.24, 2.45) is 0 Å². The minimum atomic E-state index is 0. The molecule has 1 saturated heterocycles. The van der Waals surface area contributed by atoms with Gasteiger partial charge in [-0.15, -0.1) is 12.4 Å². The van der Waals surface area contributed by atoms with Crippen molar-refractivity contribution in [3.63, 3.8) is 0 Å². The molecule has 0 saturated carbocycles. The number of benzene rings is 1. The lowest BCUT2D eigenvalue weighted by atomic mass is 10.2. The maximum absolute atomic E-state index is 5.65. The van der Waals surface area contributed by atoms with Crippen LogP contribution in [-0.2, 0) is 11.3 Å². The molecule has 24 heavy (non-hydrogen) atoms. The van der Waals surface area contributed by atoms with E-state index in [1.165, 1.54) is 5.56 Å². The zero-order valence-electron chi connectivity index (χ0n) is 13.6. The molecule has 3 rings (SSSR count). The van der Waals surface area contributed by atoms with Crippen molar-refractivity contribution in [3.05, 3.63) is 48.3 Å². The summed E-state index contributed by atoms with van der Waals surface area (Å²) in [5.74, 6) is 0.753. The molecule has 1 aliphatic rings. The molecule has 0 amide bonds. The molecule has 0 unspecified atom stereocenters. The maximum Gasteiger partial charge on any atom is 0.321 e. The monoisotopic (exact) mass is 350 g/mol. The van der Waals surface area contributed by atoms with E-state index in [9.17, 15) is 0 Å². The molecule has 2 aromatic rings. The molecule has 1 N–H and O–H groups in total. The smallest absolute Gasteiger partial charge is 0.321 e. The summed E-state index contributed by atoms with van der Waals surface area (Å²) in [6.45, 7) is 6.59. The van der Waals surface area contributed by atoms with Crippen molar-refractivity contribution in [1.29, 1.82) is 0 Å². The van der Waals surface area contributed by atoms with Crippen LogP contribution in [0.25, 0.3) is 0 Å². The fourth-order valence-electron chi connectivity index (χ4n) is 2.46. The average molecular weight is 351 g/mol. The molecule has 7 heteroatoms. The lowest BCUT2D eigenvalue weighted by Crippen LogP contribution is -2.40. The predicted molar refractivity (Wildman–Crippen MR) is 94.8 cm³/mol. The maximum atomic E-state index is 5.65. The van der Waals surface area contributed by atoms with Gasteiger partial charge in [-0.2, -0.15) is 0 Å². The summed E-state index contributed by atoms with van der Waals surface area (Å²) >= 11 is 0. The van der Waals surface area contributed by atoms with Gasteiger partial charge in [0, 0.05) is 45.1 Å². The second-order valence-electron chi connectivity index (χ2n) is 5.41. The van der Waals surface area contributed by atoms with Crippen LogP contribution in [0.1, 0.15) is 5.56 Å². The predicted octanol–water partition coefficient (Wildman–Crippen LogP) is 2.11. The second kappa shape index (κ2) is 10.2. The van der Waals surface area contributed by atoms with Crippen LogP contribution in [-0.4, -0.2) is 54.3 Å². The van der Waals surface area contributed by atoms with Crippen LogP contribution in [0.5, 0.6) is 11.8 Å². The van der Waals surface area contributed by atoms with Crippen molar-refractivity contribution < 1.29 is 9.47 Å². The molecular formula is C17H23ClN4O2. The normalized spacial score (nSPS) is 14.8. The highest BCUT2D eigenvalue weighted by molar-refractivity contribution is 5.85. The Balaban J connectivity index is 0.00000208. The van der Waals surface area contributed by atoms with Gasteiger partial charge in [0.15, 0.2) is 0 Å². The Morgan fingerprint density at radius 3 is 2.71 bits per heavy atom. The fraction of sp³-hybridized carbons (Fsp3) is 0.412. The number of halogens is 1. The molecule has 1 fully saturated rings. The largest absolute Gasteiger partial charge is 0.424 e. The minimum absolute atomic E-state index is 0. The molecule has 0 aliphatic carbocycles. The third kappa shape index (κ3) is 6.05. The SMILES string of the molecule is Cl.c1cnc(Oc2cccc(CNCCN3CCOCC3)c2)nc1. The summed E-state index contributed by atoms with van der Waals surface area (Å²) in [7, 11) is 0. The lowest BCUT2D eigenvalue weighted by Gasteiger charge is -2.26. The van der Waals surface area contributed by atoms with Crippen LogP contribution in [0.4, 0.5) is 0 Å². The Morgan fingerprint density at radius 2 is 1.92 bits per heavy atom. The van der Waals surface area contributed by atoms with E-state index in [4.69, 9.17) is 9.47 Å². The fourth-order valence-corrected chi connectivity index (χ4v) is 2.46. The summed E-state index contributed by atoms with van der Waals surface area (Å²) in [4.78, 5) is 10.6. The van der Waals surface area contributed by atoms with Crippen LogP contribution in [0.2, 0.25) is 0 Å². The molecule has 1 aromatic carbocycles. The molecule has 130 valence electrons. The van der Waals surface area contributed by atoms with Crippen molar-refractivity contribution in [1.82, 2.24) is 20.2 Å². The van der Waals surface area contributed by atoms with Gasteiger partial charge in [0.25, 0.3) is 0 Å². The van der Waals surface area contributed by atoms with Crippen molar-refractivity contribution >= 4 is 12.4 Å². The lowest BCUT2D eigenvalue weighted by molar-refractivity contribution is 0.0384. The zero-order chi connectivity index (χ0) is 15.7. The molecule has 0 radical (unpaired) electrons. The number of ether oxygens (including phenoxy) is 2. The van der Waals surface area contributed by atoms with E-state index in [1.54, 1.807) is 18.5 Å². The highest BCUT2D eigenvalue weighted by atomic mass is 35.5. The Morgan fingerprint density at radius 1 is 1.12 bits per heavy atom. The van der Waals surface area contributed by atoms with E-state index in [0.717, 1.165) is 51.7 Å². The number of hydrogen-bond acceptors (Lipinski definition) is 6. The van der Waals surface area contributed by atoms with Crippen LogP contribution < -0.4 is 10.1 Å². The zero-order valence-corrected chi connectivity index (χ0v) is 14.4. The molecule has 1 aliphatic heterocycles. The van der Waals surface area contributed by atoms with Gasteiger partial charge in [-0.05, 0) is 23.8 Å². The van der Waals surface area contributed by atoms with E-state index in [1.807, 2.05) is 18.2 Å². The Hall–Kier alpha value is -1.73. The van der Waals surface area contributed by atoms with Gasteiger partial charge in [-0.25, -0.2) is 9.97 Å². The summed E-state index contributed by atoms with van der Waals surface area (Å²) in [5.41, 5.74) is 1.18. The first-order valence-corrected chi connectivity index (χ1v) is 7.95. The van der Waals surface area contributed by atoms with Crippen LogP contribution in [0, 0.1) is 0 Å². The molecule has 0 spiro atoms. The number of rotatable bonds is 7. The number of morpholine rings is 1. The van der Waals surface area contributed by atoms with Crippen LogP contribution in [0.3, 0.4) is 0 Å². The third-order valence-electron chi connectivity index (χ3n) is 3.69. The first-order chi connectivity index (χ1) is 11.4. The van der Waals surface area contributed by atoms with E-state index in [-0.39, 0.29) is 12.4 Å². The summed E-state index contributed by atoms with van der Waals surface area (Å²) in [6, 6.07) is 10.1. The van der Waals surface area contributed by atoms with Gasteiger partial charge in [0.05, 0.1) is 13.2 Å². The molecular weight excluding hydrogens is 328 g/mol. The molecule has 1 aromatic heterocycles. The van der Waals surface area contributed by atoms with Gasteiger partial charge in [-0.1, -0.05) is 12.1 Å². The molecule has 0 atom stereocenters. The van der Waals surface area contributed by atoms with E-state index in [2.05, 4.69) is 26.3 Å². The summed E-state index contributed by atoms with van der Waals surface area (Å²) in [6.07, 6.45) is 3.33. The highest BCUT2D eigenvalue weighted by Gasteiger charge is 2.09. The summed E-state index contributed by atoms with van der Waals surface area (Å²) < 4.78 is 11.0. The van der Waals surface area contributed by atoms with E-state index >= 15 is 0 Å². The Kier molecular flexibility index (Phi) is 7.91. The number of nitrogens with one attached hydrogen (secondary N) is 1. The third-order valence-corrected chi connectivity index (χ3v) is 3.69. The Bertz CT molecular complexity index is 594. The van der Waals surface area contributed by atoms with Gasteiger partial charge in [-0.3, -0.25) is 4.90 Å². The first kappa shape index (κ1) is 18.6. The average Bonchev–Trinajstić information content (AvgIpc) is 2.61.